The molecular weight excluding hydrogens is 274 g/mol. The number of ether oxygens (including phenoxy) is 4. The van der Waals surface area contributed by atoms with Gasteiger partial charge in [0.05, 0.1) is 28.4 Å². The third kappa shape index (κ3) is 5.15. The zero-order valence-electron chi connectivity index (χ0n) is 13.0. The largest absolute Gasteiger partial charge is 0.496 e. The van der Waals surface area contributed by atoms with Crippen molar-refractivity contribution in [3.8, 4) is 17.2 Å². The van der Waals surface area contributed by atoms with Crippen molar-refractivity contribution in [2.24, 2.45) is 0 Å². The number of hydrogen-bond donors (Lipinski definition) is 1. The Morgan fingerprint density at radius 3 is 2.19 bits per heavy atom. The molecule has 6 nitrogen and oxygen atoms in total. The van der Waals surface area contributed by atoms with E-state index >= 15 is 0 Å². The topological polar surface area (TPSA) is 66.0 Å². The Balaban J connectivity index is 2.59. The zero-order chi connectivity index (χ0) is 15.7. The molecule has 0 saturated carbocycles. The maximum absolute atomic E-state index is 11.0. The Labute approximate surface area is 125 Å². The number of hydrogen-bond acceptors (Lipinski definition) is 6. The van der Waals surface area contributed by atoms with Crippen LogP contribution < -0.4 is 19.5 Å². The standard InChI is InChI=1S/C15H23NO5/c1-18-12-9-14(20-3)13(19-2)8-11(12)10-16-7-5-6-15(17)21-4/h8-9,16H,5-7,10H2,1-4H3. The van der Waals surface area contributed by atoms with Crippen molar-refractivity contribution < 1.29 is 23.7 Å². The number of nitrogens with one attached hydrogen (secondary N) is 1. The van der Waals surface area contributed by atoms with Crippen LogP contribution in [0.4, 0.5) is 0 Å². The van der Waals surface area contributed by atoms with E-state index in [1.807, 2.05) is 6.07 Å². The van der Waals surface area contributed by atoms with Gasteiger partial charge in [0.15, 0.2) is 11.5 Å². The Hall–Kier alpha value is -1.95. The van der Waals surface area contributed by atoms with Crippen LogP contribution in [0.1, 0.15) is 18.4 Å². The Morgan fingerprint density at radius 1 is 1.00 bits per heavy atom. The maximum atomic E-state index is 11.0. The molecule has 21 heavy (non-hydrogen) atoms. The molecule has 6 heteroatoms. The molecule has 0 aromatic heterocycles. The highest BCUT2D eigenvalue weighted by Crippen LogP contribution is 2.34. The molecule has 0 saturated heterocycles. The highest BCUT2D eigenvalue weighted by molar-refractivity contribution is 5.69. The van der Waals surface area contributed by atoms with Gasteiger partial charge in [-0.25, -0.2) is 0 Å². The highest BCUT2D eigenvalue weighted by atomic mass is 16.5. The second-order valence-corrected chi connectivity index (χ2v) is 4.38. The van der Waals surface area contributed by atoms with Crippen LogP contribution in [-0.2, 0) is 16.1 Å². The molecule has 0 atom stereocenters. The number of rotatable bonds is 9. The predicted octanol–water partition coefficient (Wildman–Crippen LogP) is 1.76. The molecule has 1 N–H and O–H groups in total. The van der Waals surface area contributed by atoms with Gasteiger partial charge in [-0.05, 0) is 19.0 Å². The minimum Gasteiger partial charge on any atom is -0.496 e. The first kappa shape index (κ1) is 17.1. The Kier molecular flexibility index (Phi) is 7.39. The first-order chi connectivity index (χ1) is 10.2. The van der Waals surface area contributed by atoms with E-state index in [0.717, 1.165) is 17.7 Å². The van der Waals surface area contributed by atoms with Gasteiger partial charge in [-0.2, -0.15) is 0 Å². The Bertz CT molecular complexity index is 462. The SMILES string of the molecule is COC(=O)CCCNCc1cc(OC)c(OC)cc1OC. The molecular formula is C15H23NO5. The second-order valence-electron chi connectivity index (χ2n) is 4.38. The predicted molar refractivity (Wildman–Crippen MR) is 79.1 cm³/mol. The minimum absolute atomic E-state index is 0.194. The summed E-state index contributed by atoms with van der Waals surface area (Å²) in [5.74, 6) is 1.82. The third-order valence-corrected chi connectivity index (χ3v) is 3.06. The summed E-state index contributed by atoms with van der Waals surface area (Å²) in [7, 11) is 6.19. The normalized spacial score (nSPS) is 10.1. The molecule has 0 amide bonds. The highest BCUT2D eigenvalue weighted by Gasteiger charge is 2.11. The van der Waals surface area contributed by atoms with E-state index in [2.05, 4.69) is 10.1 Å². The van der Waals surface area contributed by atoms with Gasteiger partial charge in [0, 0.05) is 24.6 Å². The average molecular weight is 297 g/mol. The van der Waals surface area contributed by atoms with Gasteiger partial charge in [0.1, 0.15) is 5.75 Å². The summed E-state index contributed by atoms with van der Waals surface area (Å²) in [6, 6.07) is 3.68. The monoisotopic (exact) mass is 297 g/mol. The molecule has 1 aromatic rings. The molecule has 118 valence electrons. The van der Waals surface area contributed by atoms with E-state index in [9.17, 15) is 4.79 Å². The van der Waals surface area contributed by atoms with Crippen molar-refractivity contribution in [1.82, 2.24) is 5.32 Å². The van der Waals surface area contributed by atoms with Gasteiger partial charge >= 0.3 is 5.97 Å². The van der Waals surface area contributed by atoms with Crippen LogP contribution in [0.15, 0.2) is 12.1 Å². The van der Waals surface area contributed by atoms with Crippen molar-refractivity contribution in [3.05, 3.63) is 17.7 Å². The zero-order valence-corrected chi connectivity index (χ0v) is 13.0. The second kappa shape index (κ2) is 9.07. The summed E-state index contributed by atoms with van der Waals surface area (Å²) >= 11 is 0. The lowest BCUT2D eigenvalue weighted by Gasteiger charge is -2.14. The van der Waals surface area contributed by atoms with Gasteiger partial charge < -0.3 is 24.3 Å². The first-order valence-corrected chi connectivity index (χ1v) is 6.72. The molecule has 0 radical (unpaired) electrons. The number of esters is 1. The van der Waals surface area contributed by atoms with Gasteiger partial charge in [0.2, 0.25) is 0 Å². The maximum Gasteiger partial charge on any atom is 0.305 e. The number of carbonyl (C=O) groups excluding carboxylic acids is 1. The summed E-state index contributed by atoms with van der Waals surface area (Å²) in [6.07, 6.45) is 1.13. The summed E-state index contributed by atoms with van der Waals surface area (Å²) in [6.45, 7) is 1.33. The van der Waals surface area contributed by atoms with Crippen molar-refractivity contribution in [2.45, 2.75) is 19.4 Å². The Morgan fingerprint density at radius 2 is 1.62 bits per heavy atom. The minimum atomic E-state index is -0.194. The van der Waals surface area contributed by atoms with Crippen molar-refractivity contribution in [2.75, 3.05) is 35.0 Å². The van der Waals surface area contributed by atoms with E-state index < -0.39 is 0 Å². The fourth-order valence-electron chi connectivity index (χ4n) is 1.91. The lowest BCUT2D eigenvalue weighted by molar-refractivity contribution is -0.140. The van der Waals surface area contributed by atoms with Crippen molar-refractivity contribution >= 4 is 5.97 Å². The van der Waals surface area contributed by atoms with E-state index in [-0.39, 0.29) is 5.97 Å². The van der Waals surface area contributed by atoms with E-state index in [1.165, 1.54) is 7.11 Å². The molecule has 0 unspecified atom stereocenters. The van der Waals surface area contributed by atoms with Crippen LogP contribution in [-0.4, -0.2) is 41.0 Å². The van der Waals surface area contributed by atoms with E-state index in [4.69, 9.17) is 14.2 Å². The number of carbonyl (C=O) groups is 1. The number of benzene rings is 1. The summed E-state index contributed by atoms with van der Waals surface area (Å²) in [4.78, 5) is 11.0. The lowest BCUT2D eigenvalue weighted by atomic mass is 10.1. The van der Waals surface area contributed by atoms with Gasteiger partial charge in [0.25, 0.3) is 0 Å². The fourth-order valence-corrected chi connectivity index (χ4v) is 1.91. The van der Waals surface area contributed by atoms with Crippen molar-refractivity contribution in [3.63, 3.8) is 0 Å². The third-order valence-electron chi connectivity index (χ3n) is 3.06. The van der Waals surface area contributed by atoms with Crippen LogP contribution in [0.2, 0.25) is 0 Å². The smallest absolute Gasteiger partial charge is 0.305 e. The summed E-state index contributed by atoms with van der Waals surface area (Å²) in [5.41, 5.74) is 0.966. The summed E-state index contributed by atoms with van der Waals surface area (Å²) < 4.78 is 20.5. The van der Waals surface area contributed by atoms with Gasteiger partial charge in [-0.1, -0.05) is 0 Å². The van der Waals surface area contributed by atoms with Gasteiger partial charge in [-0.15, -0.1) is 0 Å². The van der Waals surface area contributed by atoms with Crippen LogP contribution in [0.25, 0.3) is 0 Å². The van der Waals surface area contributed by atoms with Crippen LogP contribution in [0.5, 0.6) is 17.2 Å². The molecule has 0 aliphatic carbocycles. The molecule has 0 bridgehead atoms. The molecule has 0 fully saturated rings. The average Bonchev–Trinajstić information content (AvgIpc) is 2.53. The lowest BCUT2D eigenvalue weighted by Crippen LogP contribution is -2.16. The van der Waals surface area contributed by atoms with Crippen LogP contribution in [0.3, 0.4) is 0 Å². The summed E-state index contributed by atoms with van der Waals surface area (Å²) in [5, 5.41) is 3.26. The first-order valence-electron chi connectivity index (χ1n) is 6.72. The molecule has 0 aliphatic heterocycles. The van der Waals surface area contributed by atoms with Crippen molar-refractivity contribution in [1.29, 1.82) is 0 Å². The van der Waals surface area contributed by atoms with E-state index in [0.29, 0.717) is 31.0 Å². The molecule has 0 spiro atoms. The quantitative estimate of drug-likeness (QED) is 0.553. The van der Waals surface area contributed by atoms with Crippen LogP contribution >= 0.6 is 0 Å². The fraction of sp³-hybridized carbons (Fsp3) is 0.533. The van der Waals surface area contributed by atoms with Crippen LogP contribution in [0, 0.1) is 0 Å². The number of methoxy groups -OCH3 is 4. The molecule has 0 aliphatic rings. The molecule has 0 heterocycles. The van der Waals surface area contributed by atoms with Gasteiger partial charge in [-0.3, -0.25) is 4.79 Å². The molecule has 1 aromatic carbocycles. The van der Waals surface area contributed by atoms with E-state index in [1.54, 1.807) is 27.4 Å². The molecule has 1 rings (SSSR count).